The maximum Gasteiger partial charge on any atom is 0.255 e. The van der Waals surface area contributed by atoms with Crippen LogP contribution in [0.2, 0.25) is 0 Å². The number of para-hydroxylation sites is 1. The first-order valence-corrected chi connectivity index (χ1v) is 7.90. The third-order valence-corrected chi connectivity index (χ3v) is 3.87. The van der Waals surface area contributed by atoms with Crippen molar-refractivity contribution in [3.63, 3.8) is 0 Å². The maximum atomic E-state index is 12.1. The summed E-state index contributed by atoms with van der Waals surface area (Å²) in [4.78, 5) is 12.1. The van der Waals surface area contributed by atoms with Gasteiger partial charge in [0.15, 0.2) is 0 Å². The first-order valence-electron chi connectivity index (χ1n) is 7.11. The topological polar surface area (TPSA) is 38.3 Å². The molecule has 1 N–H and O–H groups in total. The molecule has 0 saturated heterocycles. The van der Waals surface area contributed by atoms with E-state index in [1.165, 1.54) is 0 Å². The van der Waals surface area contributed by atoms with Gasteiger partial charge in [-0.2, -0.15) is 0 Å². The van der Waals surface area contributed by atoms with Gasteiger partial charge >= 0.3 is 0 Å². The summed E-state index contributed by atoms with van der Waals surface area (Å²) in [5, 5.41) is 2.86. The Morgan fingerprint density at radius 1 is 0.826 bits per heavy atom. The van der Waals surface area contributed by atoms with Gasteiger partial charge in [-0.15, -0.1) is 0 Å². The van der Waals surface area contributed by atoms with Gasteiger partial charge < -0.3 is 10.1 Å². The van der Waals surface area contributed by atoms with Gasteiger partial charge in [-0.25, -0.2) is 0 Å². The molecule has 0 atom stereocenters. The molecule has 0 spiro atoms. The standard InChI is InChI=1S/C19H14BrNO2/c20-17-8-4-5-9-18(17)23-16-12-10-15(11-13-16)21-19(22)14-6-2-1-3-7-14/h1-13H,(H,21,22). The van der Waals surface area contributed by atoms with E-state index in [1.807, 2.05) is 66.7 Å². The van der Waals surface area contributed by atoms with Gasteiger partial charge in [0.05, 0.1) is 4.47 Å². The lowest BCUT2D eigenvalue weighted by molar-refractivity contribution is 0.102. The number of ether oxygens (including phenoxy) is 1. The summed E-state index contributed by atoms with van der Waals surface area (Å²) in [5.41, 5.74) is 1.35. The molecule has 0 unspecified atom stereocenters. The highest BCUT2D eigenvalue weighted by atomic mass is 79.9. The van der Waals surface area contributed by atoms with E-state index >= 15 is 0 Å². The fourth-order valence-electron chi connectivity index (χ4n) is 2.05. The summed E-state index contributed by atoms with van der Waals surface area (Å²) < 4.78 is 6.68. The molecule has 0 heterocycles. The Morgan fingerprint density at radius 2 is 1.48 bits per heavy atom. The molecule has 114 valence electrons. The largest absolute Gasteiger partial charge is 0.456 e. The van der Waals surface area contributed by atoms with Crippen LogP contribution in [-0.2, 0) is 0 Å². The number of nitrogens with one attached hydrogen (secondary N) is 1. The van der Waals surface area contributed by atoms with Gasteiger partial charge in [0.2, 0.25) is 0 Å². The summed E-state index contributed by atoms with van der Waals surface area (Å²) in [6, 6.07) is 24.0. The number of hydrogen-bond donors (Lipinski definition) is 1. The molecular formula is C19H14BrNO2. The number of benzene rings is 3. The maximum absolute atomic E-state index is 12.1. The fraction of sp³-hybridized carbons (Fsp3) is 0. The Kier molecular flexibility index (Phi) is 4.74. The molecule has 0 aliphatic rings. The van der Waals surface area contributed by atoms with Gasteiger partial charge in [-0.1, -0.05) is 30.3 Å². The zero-order valence-electron chi connectivity index (χ0n) is 12.2. The van der Waals surface area contributed by atoms with Crippen LogP contribution < -0.4 is 10.1 Å². The summed E-state index contributed by atoms with van der Waals surface area (Å²) in [7, 11) is 0. The number of hydrogen-bond acceptors (Lipinski definition) is 2. The molecular weight excluding hydrogens is 354 g/mol. The van der Waals surface area contributed by atoms with Crippen LogP contribution in [0, 0.1) is 0 Å². The zero-order valence-corrected chi connectivity index (χ0v) is 13.8. The van der Waals surface area contributed by atoms with Gasteiger partial charge in [-0.3, -0.25) is 4.79 Å². The van der Waals surface area contributed by atoms with Crippen molar-refractivity contribution in [2.45, 2.75) is 0 Å². The van der Waals surface area contributed by atoms with Crippen LogP contribution in [0.25, 0.3) is 0 Å². The quantitative estimate of drug-likeness (QED) is 0.661. The van der Waals surface area contributed by atoms with E-state index < -0.39 is 0 Å². The fourth-order valence-corrected chi connectivity index (χ4v) is 2.42. The molecule has 0 bridgehead atoms. The molecule has 0 saturated carbocycles. The lowest BCUT2D eigenvalue weighted by Gasteiger charge is -2.09. The highest BCUT2D eigenvalue weighted by Gasteiger charge is 2.06. The minimum absolute atomic E-state index is 0.134. The first-order chi connectivity index (χ1) is 11.2. The highest BCUT2D eigenvalue weighted by Crippen LogP contribution is 2.29. The van der Waals surface area contributed by atoms with Crippen LogP contribution in [0.4, 0.5) is 5.69 Å². The van der Waals surface area contributed by atoms with Crippen molar-refractivity contribution in [2.24, 2.45) is 0 Å². The molecule has 3 aromatic carbocycles. The number of carbonyl (C=O) groups is 1. The number of halogens is 1. The molecule has 4 heteroatoms. The molecule has 3 aromatic rings. The Morgan fingerprint density at radius 3 is 2.17 bits per heavy atom. The Bertz CT molecular complexity index is 801. The van der Waals surface area contributed by atoms with Crippen molar-refractivity contribution in [1.29, 1.82) is 0 Å². The molecule has 23 heavy (non-hydrogen) atoms. The summed E-state index contributed by atoms with van der Waals surface area (Å²) in [5.74, 6) is 1.31. The monoisotopic (exact) mass is 367 g/mol. The van der Waals surface area contributed by atoms with Crippen molar-refractivity contribution >= 4 is 27.5 Å². The molecule has 0 radical (unpaired) electrons. The lowest BCUT2D eigenvalue weighted by Crippen LogP contribution is -2.11. The van der Waals surface area contributed by atoms with Gasteiger partial charge in [-0.05, 0) is 64.5 Å². The molecule has 0 aromatic heterocycles. The van der Waals surface area contributed by atoms with Gasteiger partial charge in [0.1, 0.15) is 11.5 Å². The van der Waals surface area contributed by atoms with Crippen molar-refractivity contribution in [1.82, 2.24) is 0 Å². The van der Waals surface area contributed by atoms with E-state index in [1.54, 1.807) is 12.1 Å². The number of carbonyl (C=O) groups excluding carboxylic acids is 1. The number of anilines is 1. The van der Waals surface area contributed by atoms with Crippen LogP contribution in [0.3, 0.4) is 0 Å². The third kappa shape index (κ3) is 3.99. The minimum Gasteiger partial charge on any atom is -0.456 e. The van der Waals surface area contributed by atoms with Crippen LogP contribution in [-0.4, -0.2) is 5.91 Å². The molecule has 3 nitrogen and oxygen atoms in total. The lowest BCUT2D eigenvalue weighted by atomic mass is 10.2. The second-order valence-corrected chi connectivity index (χ2v) is 5.73. The van der Waals surface area contributed by atoms with E-state index in [-0.39, 0.29) is 5.91 Å². The van der Waals surface area contributed by atoms with Gasteiger partial charge in [0.25, 0.3) is 5.91 Å². The molecule has 0 fully saturated rings. The van der Waals surface area contributed by atoms with E-state index in [0.29, 0.717) is 11.3 Å². The van der Waals surface area contributed by atoms with Crippen LogP contribution in [0.1, 0.15) is 10.4 Å². The van der Waals surface area contributed by atoms with Crippen LogP contribution in [0.15, 0.2) is 83.3 Å². The van der Waals surface area contributed by atoms with Crippen molar-refractivity contribution in [2.75, 3.05) is 5.32 Å². The van der Waals surface area contributed by atoms with Crippen molar-refractivity contribution < 1.29 is 9.53 Å². The SMILES string of the molecule is O=C(Nc1ccc(Oc2ccccc2Br)cc1)c1ccccc1. The Balaban J connectivity index is 1.68. The average Bonchev–Trinajstić information content (AvgIpc) is 2.59. The number of rotatable bonds is 4. The second kappa shape index (κ2) is 7.11. The van der Waals surface area contributed by atoms with E-state index in [4.69, 9.17) is 4.74 Å². The van der Waals surface area contributed by atoms with Crippen LogP contribution >= 0.6 is 15.9 Å². The van der Waals surface area contributed by atoms with Crippen LogP contribution in [0.5, 0.6) is 11.5 Å². The molecule has 1 amide bonds. The molecule has 3 rings (SSSR count). The summed E-state index contributed by atoms with van der Waals surface area (Å²) in [6.07, 6.45) is 0. The van der Waals surface area contributed by atoms with Gasteiger partial charge in [0, 0.05) is 11.3 Å². The predicted molar refractivity (Wildman–Crippen MR) is 95.1 cm³/mol. The second-order valence-electron chi connectivity index (χ2n) is 4.88. The Labute approximate surface area is 143 Å². The van der Waals surface area contributed by atoms with Crippen molar-refractivity contribution in [3.05, 3.63) is 88.9 Å². The average molecular weight is 368 g/mol. The third-order valence-electron chi connectivity index (χ3n) is 3.21. The smallest absolute Gasteiger partial charge is 0.255 e. The number of amides is 1. The first kappa shape index (κ1) is 15.3. The summed E-state index contributed by atoms with van der Waals surface area (Å²) >= 11 is 3.44. The highest BCUT2D eigenvalue weighted by molar-refractivity contribution is 9.10. The molecule has 0 aliphatic heterocycles. The van der Waals surface area contributed by atoms with E-state index in [0.717, 1.165) is 15.9 Å². The minimum atomic E-state index is -0.134. The van der Waals surface area contributed by atoms with E-state index in [2.05, 4.69) is 21.2 Å². The zero-order chi connectivity index (χ0) is 16.1. The summed E-state index contributed by atoms with van der Waals surface area (Å²) in [6.45, 7) is 0. The Hall–Kier alpha value is -2.59. The van der Waals surface area contributed by atoms with Crippen molar-refractivity contribution in [3.8, 4) is 11.5 Å². The normalized spacial score (nSPS) is 10.1. The predicted octanol–water partition coefficient (Wildman–Crippen LogP) is 5.49. The molecule has 0 aliphatic carbocycles. The van der Waals surface area contributed by atoms with E-state index in [9.17, 15) is 4.79 Å².